The molecule has 0 radical (unpaired) electrons. The van der Waals surface area contributed by atoms with Crippen molar-refractivity contribution in [3.63, 3.8) is 0 Å². The van der Waals surface area contributed by atoms with Gasteiger partial charge >= 0.3 is 6.03 Å². The Morgan fingerprint density at radius 2 is 2.41 bits per heavy atom. The van der Waals surface area contributed by atoms with Crippen molar-refractivity contribution < 1.29 is 9.90 Å². The van der Waals surface area contributed by atoms with Gasteiger partial charge in [-0.2, -0.15) is 11.8 Å². The lowest BCUT2D eigenvalue weighted by Gasteiger charge is -2.24. The second-order valence-electron chi connectivity index (χ2n) is 4.72. The van der Waals surface area contributed by atoms with Crippen molar-refractivity contribution >= 4 is 17.8 Å². The molecule has 0 heterocycles. The van der Waals surface area contributed by atoms with Crippen molar-refractivity contribution in [3.8, 4) is 0 Å². The summed E-state index contributed by atoms with van der Waals surface area (Å²) >= 11 is 1.56. The van der Waals surface area contributed by atoms with Crippen LogP contribution in [0.1, 0.15) is 26.2 Å². The van der Waals surface area contributed by atoms with E-state index in [2.05, 4.69) is 16.7 Å². The molecule has 2 atom stereocenters. The van der Waals surface area contributed by atoms with Crippen molar-refractivity contribution in [2.45, 2.75) is 37.8 Å². The van der Waals surface area contributed by atoms with Crippen molar-refractivity contribution in [1.82, 2.24) is 10.6 Å². The molecule has 17 heavy (non-hydrogen) atoms. The molecular formula is C12H22N2O2S. The van der Waals surface area contributed by atoms with E-state index < -0.39 is 5.60 Å². The van der Waals surface area contributed by atoms with Crippen LogP contribution in [-0.4, -0.2) is 41.3 Å². The van der Waals surface area contributed by atoms with E-state index >= 15 is 0 Å². The van der Waals surface area contributed by atoms with Crippen molar-refractivity contribution in [2.75, 3.05) is 18.6 Å². The highest BCUT2D eigenvalue weighted by Gasteiger charge is 2.21. The zero-order valence-electron chi connectivity index (χ0n) is 10.5. The minimum Gasteiger partial charge on any atom is -0.387 e. The molecule has 4 nitrogen and oxygen atoms in total. The first-order chi connectivity index (χ1) is 8.03. The van der Waals surface area contributed by atoms with Gasteiger partial charge in [-0.05, 0) is 32.4 Å². The maximum Gasteiger partial charge on any atom is 0.315 e. The molecule has 2 amide bonds. The zero-order chi connectivity index (χ0) is 12.7. The molecule has 1 aliphatic carbocycles. The van der Waals surface area contributed by atoms with Crippen molar-refractivity contribution in [2.24, 2.45) is 0 Å². The molecule has 2 unspecified atom stereocenters. The lowest BCUT2D eigenvalue weighted by atomic mass is 10.0. The Morgan fingerprint density at radius 1 is 1.65 bits per heavy atom. The summed E-state index contributed by atoms with van der Waals surface area (Å²) in [4.78, 5) is 11.6. The molecule has 1 aliphatic rings. The predicted molar refractivity (Wildman–Crippen MR) is 72.3 cm³/mol. The monoisotopic (exact) mass is 258 g/mol. The van der Waals surface area contributed by atoms with Crippen LogP contribution >= 0.6 is 11.8 Å². The van der Waals surface area contributed by atoms with Crippen molar-refractivity contribution in [3.05, 3.63) is 12.2 Å². The largest absolute Gasteiger partial charge is 0.387 e. The number of aliphatic hydroxyl groups is 1. The Morgan fingerprint density at radius 3 is 3.00 bits per heavy atom. The van der Waals surface area contributed by atoms with E-state index in [1.54, 1.807) is 18.7 Å². The first-order valence-electron chi connectivity index (χ1n) is 5.96. The minimum atomic E-state index is -0.848. The third kappa shape index (κ3) is 5.98. The van der Waals surface area contributed by atoms with E-state index in [0.717, 1.165) is 19.3 Å². The maximum atomic E-state index is 11.6. The standard InChI is InChI=1S/C12H22N2O2S/c1-12(16,9-17-2)8-13-11(15)14-10-6-4-3-5-7-10/h4,6,10,16H,3,5,7-9H2,1-2H3,(H2,13,14,15). The first kappa shape index (κ1) is 14.4. The molecule has 1 rings (SSSR count). The number of allylic oxidation sites excluding steroid dienone is 1. The summed E-state index contributed by atoms with van der Waals surface area (Å²) in [6.45, 7) is 2.00. The Balaban J connectivity index is 2.25. The molecule has 0 aromatic heterocycles. The molecule has 5 heteroatoms. The average Bonchev–Trinajstić information content (AvgIpc) is 2.28. The number of carbonyl (C=O) groups excluding carboxylic acids is 1. The number of amides is 2. The summed E-state index contributed by atoms with van der Waals surface area (Å²) < 4.78 is 0. The fraction of sp³-hybridized carbons (Fsp3) is 0.750. The average molecular weight is 258 g/mol. The topological polar surface area (TPSA) is 61.4 Å². The van der Waals surface area contributed by atoms with Gasteiger partial charge in [-0.25, -0.2) is 4.79 Å². The number of thioether (sulfide) groups is 1. The predicted octanol–water partition coefficient (Wildman–Crippen LogP) is 1.51. The summed E-state index contributed by atoms with van der Waals surface area (Å²) in [6.07, 6.45) is 9.27. The van der Waals surface area contributed by atoms with Crippen LogP contribution in [0.15, 0.2) is 12.2 Å². The van der Waals surface area contributed by atoms with E-state index in [0.29, 0.717) is 5.75 Å². The first-order valence-corrected chi connectivity index (χ1v) is 7.35. The molecule has 0 fully saturated rings. The number of hydrogen-bond donors (Lipinski definition) is 3. The molecule has 0 aliphatic heterocycles. The molecule has 98 valence electrons. The van der Waals surface area contributed by atoms with Crippen LogP contribution in [0.2, 0.25) is 0 Å². The van der Waals surface area contributed by atoms with E-state index in [4.69, 9.17) is 0 Å². The van der Waals surface area contributed by atoms with Gasteiger partial charge in [0.2, 0.25) is 0 Å². The summed E-state index contributed by atoms with van der Waals surface area (Å²) in [7, 11) is 0. The van der Waals surface area contributed by atoms with Crippen LogP contribution in [-0.2, 0) is 0 Å². The normalized spacial score (nSPS) is 22.9. The summed E-state index contributed by atoms with van der Waals surface area (Å²) in [6, 6.07) is -0.0721. The van der Waals surface area contributed by atoms with Crippen molar-refractivity contribution in [1.29, 1.82) is 0 Å². The molecule has 0 saturated carbocycles. The molecular weight excluding hydrogens is 236 g/mol. The SMILES string of the molecule is CSCC(C)(O)CNC(=O)NC1C=CCCC1. The lowest BCUT2D eigenvalue weighted by Crippen LogP contribution is -2.48. The number of hydrogen-bond acceptors (Lipinski definition) is 3. The summed E-state index contributed by atoms with van der Waals surface area (Å²) in [5, 5.41) is 15.5. The van der Waals surface area contributed by atoms with Crippen LogP contribution in [0.25, 0.3) is 0 Å². The highest BCUT2D eigenvalue weighted by Crippen LogP contribution is 2.10. The van der Waals surface area contributed by atoms with Crippen LogP contribution in [0.5, 0.6) is 0 Å². The fourth-order valence-electron chi connectivity index (χ4n) is 1.78. The van der Waals surface area contributed by atoms with Gasteiger partial charge in [0.15, 0.2) is 0 Å². The quantitative estimate of drug-likeness (QED) is 0.655. The molecule has 3 N–H and O–H groups in total. The third-order valence-electron chi connectivity index (χ3n) is 2.66. The summed E-state index contributed by atoms with van der Waals surface area (Å²) in [5.74, 6) is 0.608. The van der Waals surface area contributed by atoms with Gasteiger partial charge in [-0.3, -0.25) is 0 Å². The van der Waals surface area contributed by atoms with Crippen LogP contribution < -0.4 is 10.6 Å². The van der Waals surface area contributed by atoms with Crippen LogP contribution in [0, 0.1) is 0 Å². The Hall–Kier alpha value is -0.680. The molecule has 0 aromatic rings. The van der Waals surface area contributed by atoms with Gasteiger partial charge < -0.3 is 15.7 Å². The lowest BCUT2D eigenvalue weighted by molar-refractivity contribution is 0.0868. The second kappa shape index (κ2) is 6.91. The number of urea groups is 1. The van der Waals surface area contributed by atoms with Crippen LogP contribution in [0.3, 0.4) is 0 Å². The smallest absolute Gasteiger partial charge is 0.315 e. The maximum absolute atomic E-state index is 11.6. The van der Waals surface area contributed by atoms with E-state index in [-0.39, 0.29) is 18.6 Å². The van der Waals surface area contributed by atoms with Gasteiger partial charge in [0.05, 0.1) is 5.60 Å². The van der Waals surface area contributed by atoms with Crippen LogP contribution in [0.4, 0.5) is 4.79 Å². The number of carbonyl (C=O) groups is 1. The van der Waals surface area contributed by atoms with E-state index in [1.807, 2.05) is 12.3 Å². The van der Waals surface area contributed by atoms with Gasteiger partial charge in [-0.15, -0.1) is 0 Å². The fourth-order valence-corrected chi connectivity index (χ4v) is 2.51. The molecule has 0 saturated heterocycles. The molecule has 0 aromatic carbocycles. The van der Waals surface area contributed by atoms with Gasteiger partial charge in [0.25, 0.3) is 0 Å². The number of rotatable bonds is 5. The van der Waals surface area contributed by atoms with Gasteiger partial charge in [0, 0.05) is 18.3 Å². The highest BCUT2D eigenvalue weighted by molar-refractivity contribution is 7.98. The van der Waals surface area contributed by atoms with E-state index in [9.17, 15) is 9.90 Å². The van der Waals surface area contributed by atoms with Gasteiger partial charge in [0.1, 0.15) is 0 Å². The molecule has 0 bridgehead atoms. The Kier molecular flexibility index (Phi) is 5.85. The second-order valence-corrected chi connectivity index (χ2v) is 5.59. The summed E-state index contributed by atoms with van der Waals surface area (Å²) in [5.41, 5.74) is -0.848. The Labute approximate surface area is 107 Å². The molecule has 0 spiro atoms. The highest BCUT2D eigenvalue weighted by atomic mass is 32.2. The number of nitrogens with one attached hydrogen (secondary N) is 2. The third-order valence-corrected chi connectivity index (χ3v) is 3.57. The Bertz CT molecular complexity index is 280. The zero-order valence-corrected chi connectivity index (χ0v) is 11.3. The van der Waals surface area contributed by atoms with E-state index in [1.165, 1.54) is 0 Å². The minimum absolute atomic E-state index is 0.134. The van der Waals surface area contributed by atoms with Gasteiger partial charge in [-0.1, -0.05) is 12.2 Å².